The third-order valence-electron chi connectivity index (χ3n) is 4.10. The second kappa shape index (κ2) is 4.34. The van der Waals surface area contributed by atoms with Gasteiger partial charge in [-0.25, -0.2) is 0 Å². The van der Waals surface area contributed by atoms with Crippen molar-refractivity contribution in [3.05, 3.63) is 53.9 Å². The van der Waals surface area contributed by atoms with E-state index in [0.29, 0.717) is 0 Å². The summed E-state index contributed by atoms with van der Waals surface area (Å²) in [6.07, 6.45) is 3.49. The zero-order chi connectivity index (χ0) is 14.3. The van der Waals surface area contributed by atoms with Gasteiger partial charge in [-0.1, -0.05) is 12.1 Å². The van der Waals surface area contributed by atoms with E-state index in [0.717, 1.165) is 22.6 Å². The zero-order valence-corrected chi connectivity index (χ0v) is 11.8. The van der Waals surface area contributed by atoms with E-state index in [9.17, 15) is 4.79 Å². The van der Waals surface area contributed by atoms with E-state index in [1.54, 1.807) is 31.5 Å². The zero-order valence-electron chi connectivity index (χ0n) is 11.8. The smallest absolute Gasteiger partial charge is 0.241 e. The van der Waals surface area contributed by atoms with Crippen LogP contribution in [0.15, 0.2) is 42.7 Å². The number of pyridine rings is 1. The lowest BCUT2D eigenvalue weighted by Gasteiger charge is -2.23. The van der Waals surface area contributed by atoms with Gasteiger partial charge in [-0.05, 0) is 30.7 Å². The van der Waals surface area contributed by atoms with E-state index in [4.69, 9.17) is 4.74 Å². The van der Waals surface area contributed by atoms with Gasteiger partial charge in [0.05, 0.1) is 12.8 Å². The Bertz CT molecular complexity index is 666. The number of ether oxygens (including phenoxy) is 1. The molecule has 1 unspecified atom stereocenters. The molecule has 4 nitrogen and oxygen atoms in total. The Balaban J connectivity index is 2.17. The van der Waals surface area contributed by atoms with Crippen LogP contribution in [0.5, 0.6) is 5.75 Å². The Labute approximate surface area is 118 Å². The molecular formula is C16H16N2O2. The summed E-state index contributed by atoms with van der Waals surface area (Å²) in [4.78, 5) is 18.6. The normalized spacial score (nSPS) is 20.9. The molecule has 1 aromatic carbocycles. The molecule has 3 rings (SSSR count). The molecule has 102 valence electrons. The van der Waals surface area contributed by atoms with Crippen molar-refractivity contribution >= 4 is 11.6 Å². The second-order valence-electron chi connectivity index (χ2n) is 5.11. The molecule has 2 aromatic rings. The summed E-state index contributed by atoms with van der Waals surface area (Å²) >= 11 is 0. The molecule has 1 aliphatic heterocycles. The predicted octanol–water partition coefficient (Wildman–Crippen LogP) is 2.37. The van der Waals surface area contributed by atoms with E-state index in [2.05, 4.69) is 4.98 Å². The first-order valence-corrected chi connectivity index (χ1v) is 6.46. The van der Waals surface area contributed by atoms with Gasteiger partial charge in [0, 0.05) is 25.0 Å². The van der Waals surface area contributed by atoms with E-state index in [1.165, 1.54) is 0 Å². The Morgan fingerprint density at radius 2 is 1.90 bits per heavy atom. The highest BCUT2D eigenvalue weighted by atomic mass is 16.5. The highest BCUT2D eigenvalue weighted by molar-refractivity contribution is 6.09. The fourth-order valence-corrected chi connectivity index (χ4v) is 2.83. The summed E-state index contributed by atoms with van der Waals surface area (Å²) in [5, 5.41) is 0. The number of carbonyl (C=O) groups excluding carboxylic acids is 1. The number of methoxy groups -OCH3 is 1. The molecule has 2 heterocycles. The first-order chi connectivity index (χ1) is 9.59. The van der Waals surface area contributed by atoms with Crippen molar-refractivity contribution in [1.82, 2.24) is 4.98 Å². The van der Waals surface area contributed by atoms with Crippen LogP contribution in [0.3, 0.4) is 0 Å². The molecule has 1 aliphatic rings. The van der Waals surface area contributed by atoms with Crippen molar-refractivity contribution in [1.29, 1.82) is 0 Å². The molecule has 20 heavy (non-hydrogen) atoms. The quantitative estimate of drug-likeness (QED) is 0.839. The van der Waals surface area contributed by atoms with Gasteiger partial charge >= 0.3 is 0 Å². The van der Waals surface area contributed by atoms with Gasteiger partial charge in [0.1, 0.15) is 11.2 Å². The molecule has 0 radical (unpaired) electrons. The molecule has 0 fully saturated rings. The molecule has 4 heteroatoms. The maximum atomic E-state index is 12.7. The number of amides is 1. The van der Waals surface area contributed by atoms with Crippen LogP contribution in [0.25, 0.3) is 0 Å². The van der Waals surface area contributed by atoms with Crippen LogP contribution in [-0.4, -0.2) is 25.0 Å². The Morgan fingerprint density at radius 1 is 1.20 bits per heavy atom. The number of hydrogen-bond donors (Lipinski definition) is 0. The molecule has 0 saturated carbocycles. The predicted molar refractivity (Wildman–Crippen MR) is 77.1 cm³/mol. The van der Waals surface area contributed by atoms with Crippen molar-refractivity contribution in [2.75, 3.05) is 19.1 Å². The van der Waals surface area contributed by atoms with Crippen molar-refractivity contribution < 1.29 is 9.53 Å². The van der Waals surface area contributed by atoms with Crippen LogP contribution in [0, 0.1) is 0 Å². The van der Waals surface area contributed by atoms with Crippen LogP contribution in [-0.2, 0) is 10.2 Å². The van der Waals surface area contributed by atoms with Crippen LogP contribution < -0.4 is 9.64 Å². The SMILES string of the molecule is COc1ccc(C2(C)C(=O)N(C)c3ccncc32)cc1. The number of nitrogens with zero attached hydrogens (tertiary/aromatic N) is 2. The number of anilines is 1. The lowest BCUT2D eigenvalue weighted by molar-refractivity contribution is -0.121. The van der Waals surface area contributed by atoms with Crippen molar-refractivity contribution in [3.8, 4) is 5.75 Å². The number of benzene rings is 1. The molecule has 0 bridgehead atoms. The summed E-state index contributed by atoms with van der Waals surface area (Å²) in [6, 6.07) is 9.51. The lowest BCUT2D eigenvalue weighted by Crippen LogP contribution is -2.37. The Kier molecular flexibility index (Phi) is 2.74. The molecule has 1 aromatic heterocycles. The maximum absolute atomic E-state index is 12.7. The first kappa shape index (κ1) is 12.7. The fourth-order valence-electron chi connectivity index (χ4n) is 2.83. The number of rotatable bonds is 2. The fraction of sp³-hybridized carbons (Fsp3) is 0.250. The molecule has 0 N–H and O–H groups in total. The van der Waals surface area contributed by atoms with Gasteiger partial charge in [-0.2, -0.15) is 0 Å². The number of aromatic nitrogens is 1. The number of carbonyl (C=O) groups is 1. The second-order valence-corrected chi connectivity index (χ2v) is 5.11. The van der Waals surface area contributed by atoms with Crippen molar-refractivity contribution in [3.63, 3.8) is 0 Å². The van der Waals surface area contributed by atoms with E-state index >= 15 is 0 Å². The summed E-state index contributed by atoms with van der Waals surface area (Å²) in [6.45, 7) is 1.95. The van der Waals surface area contributed by atoms with Crippen LogP contribution in [0.2, 0.25) is 0 Å². The average Bonchev–Trinajstić information content (AvgIpc) is 2.71. The lowest BCUT2D eigenvalue weighted by atomic mass is 9.78. The summed E-state index contributed by atoms with van der Waals surface area (Å²) in [5.41, 5.74) is 2.12. The standard InChI is InChI=1S/C16H16N2O2/c1-16(11-4-6-12(20-3)7-5-11)13-10-17-9-8-14(13)18(2)15(16)19/h4-10H,1-3H3. The number of likely N-dealkylation sites (N-methyl/N-ethyl adjacent to an activating group) is 1. The molecule has 1 amide bonds. The van der Waals surface area contributed by atoms with Gasteiger partial charge < -0.3 is 9.64 Å². The summed E-state index contributed by atoms with van der Waals surface area (Å²) in [7, 11) is 3.43. The molecular weight excluding hydrogens is 252 g/mol. The topological polar surface area (TPSA) is 42.4 Å². The van der Waals surface area contributed by atoms with E-state index < -0.39 is 5.41 Å². The largest absolute Gasteiger partial charge is 0.497 e. The minimum atomic E-state index is -0.690. The van der Waals surface area contributed by atoms with Crippen LogP contribution >= 0.6 is 0 Å². The third kappa shape index (κ3) is 1.54. The van der Waals surface area contributed by atoms with Crippen molar-refractivity contribution in [2.45, 2.75) is 12.3 Å². The van der Waals surface area contributed by atoms with Gasteiger partial charge in [0.15, 0.2) is 0 Å². The van der Waals surface area contributed by atoms with Gasteiger partial charge in [0.25, 0.3) is 0 Å². The molecule has 1 atom stereocenters. The monoisotopic (exact) mass is 268 g/mol. The highest BCUT2D eigenvalue weighted by Gasteiger charge is 2.47. The summed E-state index contributed by atoms with van der Waals surface area (Å²) < 4.78 is 5.17. The molecule has 0 saturated heterocycles. The highest BCUT2D eigenvalue weighted by Crippen LogP contribution is 2.44. The van der Waals surface area contributed by atoms with Gasteiger partial charge in [0.2, 0.25) is 5.91 Å². The summed E-state index contributed by atoms with van der Waals surface area (Å²) in [5.74, 6) is 0.841. The van der Waals surface area contributed by atoms with Crippen LogP contribution in [0.1, 0.15) is 18.1 Å². The Hall–Kier alpha value is -2.36. The van der Waals surface area contributed by atoms with Crippen LogP contribution in [0.4, 0.5) is 5.69 Å². The third-order valence-corrected chi connectivity index (χ3v) is 4.10. The van der Waals surface area contributed by atoms with E-state index in [-0.39, 0.29) is 5.91 Å². The van der Waals surface area contributed by atoms with Gasteiger partial charge in [-0.15, -0.1) is 0 Å². The van der Waals surface area contributed by atoms with Crippen molar-refractivity contribution in [2.24, 2.45) is 0 Å². The number of fused-ring (bicyclic) bond motifs is 1. The maximum Gasteiger partial charge on any atom is 0.241 e. The molecule has 0 aliphatic carbocycles. The van der Waals surface area contributed by atoms with E-state index in [1.807, 2.05) is 37.3 Å². The molecule has 0 spiro atoms. The number of hydrogen-bond acceptors (Lipinski definition) is 3. The average molecular weight is 268 g/mol. The van der Waals surface area contributed by atoms with Gasteiger partial charge in [-0.3, -0.25) is 9.78 Å². The minimum absolute atomic E-state index is 0.0608. The minimum Gasteiger partial charge on any atom is -0.497 e. The Morgan fingerprint density at radius 3 is 2.55 bits per heavy atom. The first-order valence-electron chi connectivity index (χ1n) is 6.46.